The molecule has 0 fully saturated rings. The van der Waals surface area contributed by atoms with Gasteiger partial charge in [-0.3, -0.25) is 9.78 Å². The van der Waals surface area contributed by atoms with Gasteiger partial charge in [0.05, 0.1) is 18.2 Å². The van der Waals surface area contributed by atoms with E-state index < -0.39 is 0 Å². The molecule has 0 aliphatic rings. The van der Waals surface area contributed by atoms with E-state index in [-0.39, 0.29) is 12.5 Å². The molecule has 1 aromatic heterocycles. The first-order valence-corrected chi connectivity index (χ1v) is 7.06. The fourth-order valence-electron chi connectivity index (χ4n) is 1.64. The molecule has 0 aliphatic carbocycles. The number of carbonyl (C=O) groups excluding carboxylic acids is 1. The number of thiocarbonyl (C=S) groups is 1. The summed E-state index contributed by atoms with van der Waals surface area (Å²) in [6.07, 6.45) is 3.91. The van der Waals surface area contributed by atoms with Crippen molar-refractivity contribution in [3.8, 4) is 0 Å². The van der Waals surface area contributed by atoms with Crippen molar-refractivity contribution in [2.75, 3.05) is 33.5 Å². The summed E-state index contributed by atoms with van der Waals surface area (Å²) in [5.41, 5.74) is 6.46. The molecule has 1 rings (SSSR count). The van der Waals surface area contributed by atoms with Crippen molar-refractivity contribution in [1.29, 1.82) is 0 Å². The highest BCUT2D eigenvalue weighted by Gasteiger charge is 2.14. The van der Waals surface area contributed by atoms with Gasteiger partial charge >= 0.3 is 0 Å². The molecule has 0 aliphatic heterocycles. The summed E-state index contributed by atoms with van der Waals surface area (Å²) < 4.78 is 10.1. The smallest absolute Gasteiger partial charge is 0.248 e. The SMILES string of the molecule is COCCOCC(=O)N(CCC(N)=S)Cc1cccnc1. The number of nitrogens with two attached hydrogens (primary N) is 1. The number of nitrogens with zero attached hydrogens (tertiary/aromatic N) is 2. The quantitative estimate of drug-likeness (QED) is 0.507. The van der Waals surface area contributed by atoms with Gasteiger partial charge in [0, 0.05) is 39.0 Å². The Kier molecular flexibility index (Phi) is 8.49. The molecule has 0 saturated heterocycles. The molecule has 1 amide bonds. The van der Waals surface area contributed by atoms with Crippen molar-refractivity contribution in [2.45, 2.75) is 13.0 Å². The Morgan fingerprint density at radius 3 is 2.90 bits per heavy atom. The van der Waals surface area contributed by atoms with E-state index in [2.05, 4.69) is 4.98 Å². The number of rotatable bonds is 10. The first kappa shape index (κ1) is 17.5. The number of pyridine rings is 1. The number of methoxy groups -OCH3 is 1. The first-order valence-electron chi connectivity index (χ1n) is 6.65. The standard InChI is InChI=1S/C14H21N3O3S/c1-19-7-8-20-11-14(18)17(6-4-13(15)21)10-12-3-2-5-16-9-12/h2-3,5,9H,4,6-8,10-11H2,1H3,(H2,15,21). The summed E-state index contributed by atoms with van der Waals surface area (Å²) in [4.78, 5) is 18.3. The van der Waals surface area contributed by atoms with Crippen LogP contribution in [0.5, 0.6) is 0 Å². The maximum absolute atomic E-state index is 12.2. The van der Waals surface area contributed by atoms with Crippen LogP contribution >= 0.6 is 12.2 Å². The highest BCUT2D eigenvalue weighted by molar-refractivity contribution is 7.80. The molecule has 6 nitrogen and oxygen atoms in total. The summed E-state index contributed by atoms with van der Waals surface area (Å²) >= 11 is 4.87. The number of hydrogen-bond acceptors (Lipinski definition) is 5. The molecule has 0 saturated carbocycles. The number of hydrogen-bond donors (Lipinski definition) is 1. The average molecular weight is 311 g/mol. The predicted octanol–water partition coefficient (Wildman–Crippen LogP) is 0.749. The van der Waals surface area contributed by atoms with Gasteiger partial charge in [-0.1, -0.05) is 18.3 Å². The Morgan fingerprint density at radius 2 is 2.29 bits per heavy atom. The third-order valence-corrected chi connectivity index (χ3v) is 2.94. The summed E-state index contributed by atoms with van der Waals surface area (Å²) in [5.74, 6) is -0.105. The van der Waals surface area contributed by atoms with Crippen molar-refractivity contribution in [1.82, 2.24) is 9.88 Å². The molecule has 1 heterocycles. The lowest BCUT2D eigenvalue weighted by atomic mass is 10.2. The summed E-state index contributed by atoms with van der Waals surface area (Å²) in [5, 5.41) is 0. The number of carbonyl (C=O) groups is 1. The molecule has 7 heteroatoms. The highest BCUT2D eigenvalue weighted by Crippen LogP contribution is 2.05. The minimum atomic E-state index is -0.105. The second kappa shape index (κ2) is 10.2. The Balaban J connectivity index is 2.54. The average Bonchev–Trinajstić information content (AvgIpc) is 2.48. The van der Waals surface area contributed by atoms with Gasteiger partial charge in [-0.15, -0.1) is 0 Å². The summed E-state index contributed by atoms with van der Waals surface area (Å²) in [6.45, 7) is 1.79. The lowest BCUT2D eigenvalue weighted by Gasteiger charge is -2.22. The van der Waals surface area contributed by atoms with Gasteiger partial charge < -0.3 is 20.1 Å². The molecular weight excluding hydrogens is 290 g/mol. The van der Waals surface area contributed by atoms with Crippen LogP contribution in [-0.4, -0.2) is 54.3 Å². The molecule has 21 heavy (non-hydrogen) atoms. The largest absolute Gasteiger partial charge is 0.393 e. The fourth-order valence-corrected chi connectivity index (χ4v) is 1.73. The van der Waals surface area contributed by atoms with Crippen LogP contribution in [0.2, 0.25) is 0 Å². The molecule has 2 N–H and O–H groups in total. The maximum atomic E-state index is 12.2. The van der Waals surface area contributed by atoms with E-state index >= 15 is 0 Å². The van der Waals surface area contributed by atoms with Crippen LogP contribution in [0, 0.1) is 0 Å². The van der Waals surface area contributed by atoms with Crippen LogP contribution in [0.1, 0.15) is 12.0 Å². The Morgan fingerprint density at radius 1 is 1.48 bits per heavy atom. The normalized spacial score (nSPS) is 10.3. The zero-order chi connectivity index (χ0) is 15.5. The van der Waals surface area contributed by atoms with Gasteiger partial charge in [0.1, 0.15) is 6.61 Å². The number of ether oxygens (including phenoxy) is 2. The second-order valence-corrected chi connectivity index (χ2v) is 4.96. The summed E-state index contributed by atoms with van der Waals surface area (Å²) in [7, 11) is 1.59. The van der Waals surface area contributed by atoms with E-state index in [1.807, 2.05) is 12.1 Å². The molecular formula is C14H21N3O3S. The van der Waals surface area contributed by atoms with Crippen molar-refractivity contribution in [3.05, 3.63) is 30.1 Å². The van der Waals surface area contributed by atoms with Gasteiger partial charge in [0.25, 0.3) is 0 Å². The number of amides is 1. The van der Waals surface area contributed by atoms with E-state index in [9.17, 15) is 4.79 Å². The molecule has 0 aromatic carbocycles. The Labute approximate surface area is 130 Å². The molecule has 0 bridgehead atoms. The van der Waals surface area contributed by atoms with E-state index in [1.54, 1.807) is 24.4 Å². The minimum Gasteiger partial charge on any atom is -0.393 e. The van der Waals surface area contributed by atoms with Gasteiger partial charge in [-0.05, 0) is 11.6 Å². The zero-order valence-electron chi connectivity index (χ0n) is 12.2. The second-order valence-electron chi connectivity index (χ2n) is 4.44. The third kappa shape index (κ3) is 7.69. The third-order valence-electron chi connectivity index (χ3n) is 2.73. The van der Waals surface area contributed by atoms with Crippen LogP contribution < -0.4 is 5.73 Å². The fraction of sp³-hybridized carbons (Fsp3) is 0.500. The number of aromatic nitrogens is 1. The van der Waals surface area contributed by atoms with Gasteiger partial charge in [-0.2, -0.15) is 0 Å². The summed E-state index contributed by atoms with van der Waals surface area (Å²) in [6, 6.07) is 3.75. The molecule has 116 valence electrons. The molecule has 0 unspecified atom stereocenters. The molecule has 1 aromatic rings. The van der Waals surface area contributed by atoms with E-state index in [1.165, 1.54) is 0 Å². The Bertz CT molecular complexity index is 442. The molecule has 0 spiro atoms. The molecule has 0 radical (unpaired) electrons. The van der Waals surface area contributed by atoms with E-state index in [4.69, 9.17) is 27.4 Å². The lowest BCUT2D eigenvalue weighted by molar-refractivity contribution is -0.137. The minimum absolute atomic E-state index is 0.0148. The zero-order valence-corrected chi connectivity index (χ0v) is 13.0. The predicted molar refractivity (Wildman–Crippen MR) is 83.8 cm³/mol. The van der Waals surface area contributed by atoms with Gasteiger partial charge in [-0.25, -0.2) is 0 Å². The maximum Gasteiger partial charge on any atom is 0.248 e. The topological polar surface area (TPSA) is 77.7 Å². The van der Waals surface area contributed by atoms with Crippen molar-refractivity contribution in [2.24, 2.45) is 5.73 Å². The Hall–Kier alpha value is -1.57. The monoisotopic (exact) mass is 311 g/mol. The first-order chi connectivity index (χ1) is 10.1. The molecule has 0 atom stereocenters. The van der Waals surface area contributed by atoms with E-state index in [0.29, 0.717) is 37.7 Å². The van der Waals surface area contributed by atoms with Gasteiger partial charge in [0.2, 0.25) is 5.91 Å². The van der Waals surface area contributed by atoms with Crippen molar-refractivity contribution < 1.29 is 14.3 Å². The van der Waals surface area contributed by atoms with Crippen LogP contribution in [0.15, 0.2) is 24.5 Å². The van der Waals surface area contributed by atoms with E-state index in [0.717, 1.165) is 5.56 Å². The van der Waals surface area contributed by atoms with Crippen molar-refractivity contribution in [3.63, 3.8) is 0 Å². The van der Waals surface area contributed by atoms with Crippen LogP contribution in [0.3, 0.4) is 0 Å². The highest BCUT2D eigenvalue weighted by atomic mass is 32.1. The van der Waals surface area contributed by atoms with Crippen LogP contribution in [-0.2, 0) is 20.8 Å². The van der Waals surface area contributed by atoms with Gasteiger partial charge in [0.15, 0.2) is 0 Å². The van der Waals surface area contributed by atoms with Crippen molar-refractivity contribution >= 4 is 23.1 Å². The van der Waals surface area contributed by atoms with Crippen LogP contribution in [0.4, 0.5) is 0 Å². The van der Waals surface area contributed by atoms with Crippen LogP contribution in [0.25, 0.3) is 0 Å². The lowest BCUT2D eigenvalue weighted by Crippen LogP contribution is -2.36.